The maximum Gasteiger partial charge on any atom is 0.311 e. The number of aromatic amines is 1. The van der Waals surface area contributed by atoms with Crippen LogP contribution in [0.3, 0.4) is 0 Å². The molecule has 2 atom stereocenters. The summed E-state index contributed by atoms with van der Waals surface area (Å²) in [6, 6.07) is 0.936. The fraction of sp³-hybridized carbons (Fsp3) is 0.500. The van der Waals surface area contributed by atoms with E-state index in [4.69, 9.17) is 33.0 Å². The number of carbonyl (C=O) groups is 2. The van der Waals surface area contributed by atoms with Crippen LogP contribution in [-0.2, 0) is 9.53 Å². The average Bonchev–Trinajstić information content (AvgIpc) is 2.98. The monoisotopic (exact) mass is 320 g/mol. The summed E-state index contributed by atoms with van der Waals surface area (Å²) in [7, 11) is 0. The van der Waals surface area contributed by atoms with Gasteiger partial charge in [0.25, 0.3) is 5.91 Å². The molecule has 1 fully saturated rings. The number of carboxylic acids is 1. The van der Waals surface area contributed by atoms with Crippen molar-refractivity contribution in [1.82, 2.24) is 9.88 Å². The number of H-pyrrole nitrogens is 1. The van der Waals surface area contributed by atoms with E-state index in [2.05, 4.69) is 4.98 Å². The van der Waals surface area contributed by atoms with Crippen molar-refractivity contribution >= 4 is 35.1 Å². The van der Waals surface area contributed by atoms with Gasteiger partial charge in [0, 0.05) is 6.54 Å². The second-order valence-corrected chi connectivity index (χ2v) is 5.27. The zero-order valence-electron chi connectivity index (χ0n) is 10.7. The molecule has 1 aromatic heterocycles. The van der Waals surface area contributed by atoms with Crippen LogP contribution >= 0.6 is 23.2 Å². The van der Waals surface area contributed by atoms with Crippen LogP contribution in [0, 0.1) is 5.92 Å². The number of aromatic nitrogens is 1. The van der Waals surface area contributed by atoms with Gasteiger partial charge >= 0.3 is 5.97 Å². The van der Waals surface area contributed by atoms with E-state index < -0.39 is 17.9 Å². The van der Waals surface area contributed by atoms with Gasteiger partial charge in [-0.05, 0) is 13.0 Å². The smallest absolute Gasteiger partial charge is 0.311 e. The molecule has 2 unspecified atom stereocenters. The largest absolute Gasteiger partial charge is 0.481 e. The highest BCUT2D eigenvalue weighted by Gasteiger charge is 2.40. The van der Waals surface area contributed by atoms with Crippen molar-refractivity contribution in [3.8, 4) is 0 Å². The van der Waals surface area contributed by atoms with Gasteiger partial charge in [0.15, 0.2) is 0 Å². The molecule has 1 amide bonds. The van der Waals surface area contributed by atoms with Crippen molar-refractivity contribution in [3.63, 3.8) is 0 Å². The summed E-state index contributed by atoms with van der Waals surface area (Å²) in [6.07, 6.45) is 0. The van der Waals surface area contributed by atoms with Gasteiger partial charge in [0.2, 0.25) is 0 Å². The number of hydrogen-bond donors (Lipinski definition) is 2. The summed E-state index contributed by atoms with van der Waals surface area (Å²) >= 11 is 11.6. The predicted octanol–water partition coefficient (Wildman–Crippen LogP) is 1.88. The number of ether oxygens (including phenoxy) is 1. The maximum atomic E-state index is 12.4. The lowest BCUT2D eigenvalue weighted by Gasteiger charge is -2.28. The average molecular weight is 321 g/mol. The van der Waals surface area contributed by atoms with Gasteiger partial charge in [0.05, 0.1) is 24.3 Å². The highest BCUT2D eigenvalue weighted by molar-refractivity contribution is 6.41. The molecule has 6 nitrogen and oxygen atoms in total. The van der Waals surface area contributed by atoms with Crippen LogP contribution in [0.15, 0.2) is 6.07 Å². The number of nitrogens with zero attached hydrogens (tertiary/aromatic N) is 1. The fourth-order valence-corrected chi connectivity index (χ4v) is 2.60. The van der Waals surface area contributed by atoms with E-state index in [1.807, 2.05) is 0 Å². The molecule has 2 N–H and O–H groups in total. The van der Waals surface area contributed by atoms with Crippen LogP contribution < -0.4 is 0 Å². The first kappa shape index (κ1) is 15.2. The minimum absolute atomic E-state index is 0.107. The molecule has 0 radical (unpaired) electrons. The predicted molar refractivity (Wildman–Crippen MR) is 73.3 cm³/mol. The van der Waals surface area contributed by atoms with Crippen molar-refractivity contribution in [2.45, 2.75) is 13.0 Å². The molecule has 2 rings (SSSR count). The Morgan fingerprint density at radius 1 is 1.50 bits per heavy atom. The molecule has 2 heterocycles. The fourth-order valence-electron chi connectivity index (χ4n) is 2.29. The molecule has 8 heteroatoms. The SMILES string of the molecule is CCN(C(=O)c1cc(Cl)c(Cl)[nH]1)C1COCC1C(=O)O. The lowest BCUT2D eigenvalue weighted by molar-refractivity contribution is -0.142. The second-order valence-electron chi connectivity index (χ2n) is 4.49. The number of carboxylic acid groups (broad SMARTS) is 1. The zero-order chi connectivity index (χ0) is 14.9. The van der Waals surface area contributed by atoms with E-state index in [1.54, 1.807) is 6.92 Å². The molecule has 0 saturated carbocycles. The number of carbonyl (C=O) groups excluding carboxylic acids is 1. The summed E-state index contributed by atoms with van der Waals surface area (Å²) < 4.78 is 5.19. The van der Waals surface area contributed by atoms with Crippen molar-refractivity contribution < 1.29 is 19.4 Å². The van der Waals surface area contributed by atoms with E-state index >= 15 is 0 Å². The van der Waals surface area contributed by atoms with Gasteiger partial charge < -0.3 is 19.7 Å². The Bertz CT molecular complexity index is 512. The van der Waals surface area contributed by atoms with E-state index in [0.717, 1.165) is 0 Å². The van der Waals surface area contributed by atoms with E-state index in [9.17, 15) is 9.59 Å². The minimum atomic E-state index is -0.971. The highest BCUT2D eigenvalue weighted by Crippen LogP contribution is 2.25. The lowest BCUT2D eigenvalue weighted by atomic mass is 10.0. The van der Waals surface area contributed by atoms with Gasteiger partial charge in [-0.1, -0.05) is 23.2 Å². The zero-order valence-corrected chi connectivity index (χ0v) is 12.2. The first-order chi connectivity index (χ1) is 9.45. The standard InChI is InChI=1S/C12H14Cl2N2O4/c1-2-16(9-5-20-4-6(9)12(18)19)11(17)8-3-7(13)10(14)15-8/h3,6,9,15H,2,4-5H2,1H3,(H,18,19). The van der Waals surface area contributed by atoms with Crippen molar-refractivity contribution in [2.75, 3.05) is 19.8 Å². The first-order valence-electron chi connectivity index (χ1n) is 6.11. The molecule has 110 valence electrons. The molecule has 1 aliphatic rings. The van der Waals surface area contributed by atoms with Gasteiger partial charge in [-0.3, -0.25) is 9.59 Å². The van der Waals surface area contributed by atoms with Gasteiger partial charge in [-0.2, -0.15) is 0 Å². The van der Waals surface area contributed by atoms with Gasteiger partial charge in [-0.25, -0.2) is 0 Å². The third-order valence-electron chi connectivity index (χ3n) is 3.33. The summed E-state index contributed by atoms with van der Waals surface area (Å²) in [5, 5.41) is 9.60. The molecular formula is C12H14Cl2N2O4. The Hall–Kier alpha value is -1.24. The number of aliphatic carboxylic acids is 1. The first-order valence-corrected chi connectivity index (χ1v) is 6.86. The quantitative estimate of drug-likeness (QED) is 0.887. The molecule has 1 aromatic rings. The van der Waals surface area contributed by atoms with Crippen LogP contribution in [0.1, 0.15) is 17.4 Å². The number of likely N-dealkylation sites (N-methyl/N-ethyl adjacent to an activating group) is 1. The topological polar surface area (TPSA) is 82.6 Å². The van der Waals surface area contributed by atoms with Crippen LogP contribution in [-0.4, -0.2) is 52.7 Å². The number of rotatable bonds is 4. The number of nitrogens with one attached hydrogen (secondary N) is 1. The third kappa shape index (κ3) is 2.77. The summed E-state index contributed by atoms with van der Waals surface area (Å²) in [5.41, 5.74) is 0.234. The Morgan fingerprint density at radius 3 is 2.70 bits per heavy atom. The van der Waals surface area contributed by atoms with Crippen LogP contribution in [0.5, 0.6) is 0 Å². The molecule has 1 aliphatic heterocycles. The molecule has 20 heavy (non-hydrogen) atoms. The highest BCUT2D eigenvalue weighted by atomic mass is 35.5. The maximum absolute atomic E-state index is 12.4. The Balaban J connectivity index is 2.23. The van der Waals surface area contributed by atoms with Crippen LogP contribution in [0.25, 0.3) is 0 Å². The Labute approximate surface area is 125 Å². The molecule has 0 spiro atoms. The lowest BCUT2D eigenvalue weighted by Crippen LogP contribution is -2.46. The number of amides is 1. The third-order valence-corrected chi connectivity index (χ3v) is 4.02. The van der Waals surface area contributed by atoms with E-state index in [0.29, 0.717) is 6.54 Å². The van der Waals surface area contributed by atoms with Crippen molar-refractivity contribution in [3.05, 3.63) is 21.9 Å². The molecular weight excluding hydrogens is 307 g/mol. The number of halogens is 2. The Morgan fingerprint density at radius 2 is 2.20 bits per heavy atom. The van der Waals surface area contributed by atoms with Crippen LogP contribution in [0.2, 0.25) is 10.2 Å². The number of hydrogen-bond acceptors (Lipinski definition) is 3. The molecule has 0 aromatic carbocycles. The van der Waals surface area contributed by atoms with Gasteiger partial charge in [0.1, 0.15) is 16.8 Å². The summed E-state index contributed by atoms with van der Waals surface area (Å²) in [6.45, 7) is 2.46. The molecule has 0 aliphatic carbocycles. The molecule has 0 bridgehead atoms. The van der Waals surface area contributed by atoms with Crippen molar-refractivity contribution in [2.24, 2.45) is 5.92 Å². The summed E-state index contributed by atoms with van der Waals surface area (Å²) in [5.74, 6) is -2.04. The Kier molecular flexibility index (Phi) is 4.57. The normalized spacial score (nSPS) is 21.9. The molecule has 1 saturated heterocycles. The van der Waals surface area contributed by atoms with Crippen molar-refractivity contribution in [1.29, 1.82) is 0 Å². The minimum Gasteiger partial charge on any atom is -0.481 e. The van der Waals surface area contributed by atoms with E-state index in [1.165, 1.54) is 11.0 Å². The van der Waals surface area contributed by atoms with E-state index in [-0.39, 0.29) is 35.0 Å². The van der Waals surface area contributed by atoms with Crippen LogP contribution in [0.4, 0.5) is 0 Å². The summed E-state index contributed by atoms with van der Waals surface area (Å²) in [4.78, 5) is 27.8. The van der Waals surface area contributed by atoms with Gasteiger partial charge in [-0.15, -0.1) is 0 Å². The second kappa shape index (κ2) is 6.03.